The fourth-order valence-electron chi connectivity index (χ4n) is 3.52. The molecule has 0 bridgehead atoms. The molecule has 11 heteroatoms. The van der Waals surface area contributed by atoms with Crippen LogP contribution in [-0.2, 0) is 26.4 Å². The van der Waals surface area contributed by atoms with Gasteiger partial charge in [0.1, 0.15) is 0 Å². The summed E-state index contributed by atoms with van der Waals surface area (Å²) in [6.45, 7) is 23.4. The lowest BCUT2D eigenvalue weighted by molar-refractivity contribution is -0.143. The third kappa shape index (κ3) is 15.0. The predicted octanol–water partition coefficient (Wildman–Crippen LogP) is 5.33. The fourth-order valence-corrected chi connectivity index (χ4v) is 27.3. The van der Waals surface area contributed by atoms with Gasteiger partial charge in [-0.15, -0.1) is 0 Å². The molecule has 0 spiro atoms. The zero-order valence-electron chi connectivity index (χ0n) is 19.3. The van der Waals surface area contributed by atoms with Crippen molar-refractivity contribution in [1.82, 2.24) is 0 Å². The largest absolute Gasteiger partial charge is 0.437 e. The summed E-state index contributed by atoms with van der Waals surface area (Å²) in [4.78, 5) is 10.6. The van der Waals surface area contributed by atoms with E-state index in [1.54, 1.807) is 0 Å². The Hall–Kier alpha value is 0.394. The van der Waals surface area contributed by atoms with E-state index in [-0.39, 0.29) is 6.42 Å². The average Bonchev–Trinajstić information content (AvgIpc) is 2.25. The van der Waals surface area contributed by atoms with Crippen molar-refractivity contribution >= 4 is 48.3 Å². The molecule has 1 radical (unpaired) electrons. The first-order chi connectivity index (χ1) is 11.7. The summed E-state index contributed by atoms with van der Waals surface area (Å²) < 4.78 is 25.7. The number of unbranched alkanes of at least 4 members (excludes halogenated alkanes) is 1. The third-order valence-corrected chi connectivity index (χ3v) is 21.5. The second-order valence-electron chi connectivity index (χ2n) is 10.1. The highest BCUT2D eigenvalue weighted by Gasteiger charge is 2.44. The van der Waals surface area contributed by atoms with Gasteiger partial charge in [-0.25, -0.2) is 9.90 Å². The van der Waals surface area contributed by atoms with Crippen LogP contribution in [0.3, 0.4) is 0 Å². The molecule has 0 unspecified atom stereocenters. The molecule has 0 atom stereocenters. The maximum absolute atomic E-state index is 10.6. The smallest absolute Gasteiger partial charge is 0.355 e. The van der Waals surface area contributed by atoms with Gasteiger partial charge in [0.15, 0.2) is 16.6 Å². The van der Waals surface area contributed by atoms with E-state index in [0.29, 0.717) is 6.42 Å². The summed E-state index contributed by atoms with van der Waals surface area (Å²) in [5, 5.41) is 10.6. The third-order valence-electron chi connectivity index (χ3n) is 3.47. The fraction of sp³-hybridized carbons (Fsp3) is 0.938. The monoisotopic (exact) mass is 469 g/mol. The van der Waals surface area contributed by atoms with E-state index in [9.17, 15) is 9.90 Å². The van der Waals surface area contributed by atoms with Crippen LogP contribution in [0.2, 0.25) is 78.1 Å². The van der Waals surface area contributed by atoms with Crippen molar-refractivity contribution in [3.05, 3.63) is 0 Å². The van der Waals surface area contributed by atoms with Crippen LogP contribution in [0.5, 0.6) is 0 Å². The number of rotatable bonds is 13. The molecule has 0 aliphatic heterocycles. The molecule has 0 aromatic rings. The van der Waals surface area contributed by atoms with Gasteiger partial charge in [-0.3, -0.25) is 0 Å². The van der Waals surface area contributed by atoms with Gasteiger partial charge in [-0.1, -0.05) is 6.42 Å². The zero-order chi connectivity index (χ0) is 21.7. The minimum atomic E-state index is -2.39. The van der Waals surface area contributed by atoms with Gasteiger partial charge < -0.3 is 16.5 Å². The van der Waals surface area contributed by atoms with Gasteiger partial charge in [0.25, 0.3) is 0 Å². The van der Waals surface area contributed by atoms with E-state index < -0.39 is 48.3 Å². The van der Waals surface area contributed by atoms with E-state index in [0.717, 1.165) is 12.5 Å². The Labute approximate surface area is 172 Å². The molecule has 0 amide bonds. The van der Waals surface area contributed by atoms with Gasteiger partial charge in [0.05, 0.1) is 6.42 Å². The van der Waals surface area contributed by atoms with Crippen molar-refractivity contribution in [2.45, 2.75) is 97.3 Å². The Morgan fingerprint density at radius 1 is 0.630 bits per heavy atom. The second-order valence-corrected chi connectivity index (χ2v) is 30.0. The van der Waals surface area contributed by atoms with Crippen molar-refractivity contribution in [2.75, 3.05) is 0 Å². The van der Waals surface area contributed by atoms with Crippen LogP contribution in [0.25, 0.3) is 0 Å². The Morgan fingerprint density at radius 2 is 1.04 bits per heavy atom. The van der Waals surface area contributed by atoms with Gasteiger partial charge in [0, 0.05) is 0 Å². The highest BCUT2D eigenvalue weighted by atomic mass is 28.5. The van der Waals surface area contributed by atoms with Gasteiger partial charge in [0.2, 0.25) is 0 Å². The van der Waals surface area contributed by atoms with Crippen LogP contribution in [0.1, 0.15) is 19.3 Å². The van der Waals surface area contributed by atoms with Crippen molar-refractivity contribution in [1.29, 1.82) is 0 Å². The van der Waals surface area contributed by atoms with Crippen molar-refractivity contribution in [2.24, 2.45) is 0 Å². The molecule has 0 aliphatic carbocycles. The standard InChI is InChI=1S/C16H41O6Si5/c1-23(2,3)19-25(6,7)21-27(10,11)22-26(8,9)20-24(4,5)15-13-12-14-16(17)18/h12-15H2,1-11H3. The summed E-state index contributed by atoms with van der Waals surface area (Å²) in [6, 6.07) is 0.919. The molecule has 0 heterocycles. The normalized spacial score (nSPS) is 14.5. The van der Waals surface area contributed by atoms with Crippen molar-refractivity contribution < 1.29 is 26.4 Å². The lowest BCUT2D eigenvalue weighted by Crippen LogP contribution is -2.58. The first-order valence-electron chi connectivity index (χ1n) is 9.75. The maximum atomic E-state index is 10.6. The lowest BCUT2D eigenvalue weighted by Gasteiger charge is -2.42. The maximum Gasteiger partial charge on any atom is 0.355 e. The number of hydrogen-bond acceptors (Lipinski definition) is 5. The molecule has 0 N–H and O–H groups in total. The zero-order valence-corrected chi connectivity index (χ0v) is 24.3. The minimum Gasteiger partial charge on any atom is -0.437 e. The highest BCUT2D eigenvalue weighted by molar-refractivity contribution is 6.90. The lowest BCUT2D eigenvalue weighted by atomic mass is 10.2. The first-order valence-corrected chi connectivity index (χ1v) is 24.7. The van der Waals surface area contributed by atoms with Crippen LogP contribution in [0, 0.1) is 0 Å². The molecule has 0 aromatic heterocycles. The van der Waals surface area contributed by atoms with Gasteiger partial charge >= 0.3 is 31.7 Å². The molecule has 0 saturated heterocycles. The van der Waals surface area contributed by atoms with Crippen LogP contribution >= 0.6 is 0 Å². The van der Waals surface area contributed by atoms with Crippen molar-refractivity contribution in [3.63, 3.8) is 0 Å². The van der Waals surface area contributed by atoms with E-state index in [1.165, 1.54) is 0 Å². The van der Waals surface area contributed by atoms with Crippen molar-refractivity contribution in [3.8, 4) is 0 Å². The van der Waals surface area contributed by atoms with Crippen LogP contribution < -0.4 is 0 Å². The highest BCUT2D eigenvalue weighted by Crippen LogP contribution is 2.27. The molecular formula is C16H41O6Si5. The summed E-state index contributed by atoms with van der Waals surface area (Å²) in [7, 11) is -10.6. The molecule has 0 saturated carbocycles. The summed E-state index contributed by atoms with van der Waals surface area (Å²) in [6.07, 6.45) is 1.60. The minimum absolute atomic E-state index is 0.117. The molecule has 161 valence electrons. The number of hydrogen-bond donors (Lipinski definition) is 0. The SMILES string of the molecule is C[Si](C)(C)O[Si](C)(C)O[Si](C)(C)O[Si](C)(C)O[Si](C)(C)CCCCC([O])=O. The van der Waals surface area contributed by atoms with Gasteiger partial charge in [-0.05, 0) is 84.5 Å². The Kier molecular flexibility index (Phi) is 10.1. The second kappa shape index (κ2) is 9.93. The molecule has 0 fully saturated rings. The summed E-state index contributed by atoms with van der Waals surface area (Å²) in [5.41, 5.74) is 0. The van der Waals surface area contributed by atoms with E-state index in [2.05, 4.69) is 72.0 Å². The molecule has 0 rings (SSSR count). The summed E-state index contributed by atoms with van der Waals surface area (Å²) >= 11 is 0. The Bertz CT molecular complexity index is 488. The molecule has 6 nitrogen and oxygen atoms in total. The van der Waals surface area contributed by atoms with E-state index in [4.69, 9.17) is 16.5 Å². The van der Waals surface area contributed by atoms with E-state index >= 15 is 0 Å². The van der Waals surface area contributed by atoms with E-state index in [1.807, 2.05) is 0 Å². The van der Waals surface area contributed by atoms with Crippen LogP contribution in [0.4, 0.5) is 0 Å². The van der Waals surface area contributed by atoms with Crippen LogP contribution in [0.15, 0.2) is 0 Å². The first kappa shape index (κ1) is 27.4. The molecule has 0 aliphatic rings. The topological polar surface area (TPSA) is 73.9 Å². The molecule has 0 aromatic carbocycles. The Morgan fingerprint density at radius 3 is 1.44 bits per heavy atom. The molecule has 27 heavy (non-hydrogen) atoms. The average molecular weight is 470 g/mol. The predicted molar refractivity (Wildman–Crippen MR) is 122 cm³/mol. The number of carbonyl (C=O) groups is 1. The number of carbonyl (C=O) groups excluding carboxylic acids is 1. The van der Waals surface area contributed by atoms with Crippen LogP contribution in [-0.4, -0.2) is 48.3 Å². The van der Waals surface area contributed by atoms with Gasteiger partial charge in [-0.2, -0.15) is 0 Å². The summed E-state index contributed by atoms with van der Waals surface area (Å²) in [5.74, 6) is -0.981. The molecular weight excluding hydrogens is 429 g/mol. The quantitative estimate of drug-likeness (QED) is 0.269. The Balaban J connectivity index is 4.78.